The average Bonchev–Trinajstić information content (AvgIpc) is 3.42. The molecule has 4 aromatic rings. The van der Waals surface area contributed by atoms with Crippen LogP contribution in [0.2, 0.25) is 0 Å². The van der Waals surface area contributed by atoms with E-state index in [1.165, 1.54) is 49.2 Å². The van der Waals surface area contributed by atoms with E-state index < -0.39 is 42.4 Å². The summed E-state index contributed by atoms with van der Waals surface area (Å²) < 4.78 is 88.3. The Bertz CT molecular complexity index is 1750. The molecule has 0 aliphatic rings. The molecule has 0 saturated carbocycles. The van der Waals surface area contributed by atoms with E-state index in [4.69, 9.17) is 0 Å². The molecule has 0 spiro atoms. The molecule has 0 atom stereocenters. The first-order valence-corrected chi connectivity index (χ1v) is 16.1. The molecule has 0 amide bonds. The number of halogens is 6. The van der Waals surface area contributed by atoms with Crippen LogP contribution in [0.25, 0.3) is 0 Å². The number of benzene rings is 2. The fourth-order valence-corrected chi connectivity index (χ4v) is 8.31. The molecule has 0 saturated heterocycles. The van der Waals surface area contributed by atoms with Gasteiger partial charge in [-0.2, -0.15) is 10.2 Å². The quantitative estimate of drug-likeness (QED) is 0.235. The molecule has 2 aromatic carbocycles. The zero-order chi connectivity index (χ0) is 28.2. The predicted molar refractivity (Wildman–Crippen MR) is 150 cm³/mol. The van der Waals surface area contributed by atoms with E-state index in [0.29, 0.717) is 4.31 Å². The maximum atomic E-state index is 14.4. The summed E-state index contributed by atoms with van der Waals surface area (Å²) in [5, 5.41) is 8.03. The van der Waals surface area contributed by atoms with E-state index in [0.717, 1.165) is 17.1 Å². The van der Waals surface area contributed by atoms with Gasteiger partial charge < -0.3 is 0 Å². The minimum absolute atomic E-state index is 0.0159. The number of hydrogen-bond acceptors (Lipinski definition) is 6. The Kier molecular flexibility index (Phi) is 8.13. The van der Waals surface area contributed by atoms with Crippen molar-refractivity contribution >= 4 is 101 Å². The largest absolute Gasteiger partial charge is 0.279 e. The minimum Gasteiger partial charge on any atom is -0.279 e. The molecule has 0 aliphatic carbocycles. The highest BCUT2D eigenvalue weighted by atomic mass is 79.9. The molecule has 10 nitrogen and oxygen atoms in total. The first-order chi connectivity index (χ1) is 17.6. The van der Waals surface area contributed by atoms with Crippen molar-refractivity contribution in [2.45, 2.75) is 9.79 Å². The van der Waals surface area contributed by atoms with Gasteiger partial charge in [0.05, 0.1) is 35.5 Å². The lowest BCUT2D eigenvalue weighted by Crippen LogP contribution is -2.28. The SMILES string of the molecule is Cn1cc(S(=O)(=O)N(c2cc(Br)c(F)c(Br)c2)c2nn(C)cc2S(=O)(=O)Nc2cc(Br)c(F)c(Br)c2)cn1. The molecule has 4 rings (SSSR count). The zero-order valence-electron chi connectivity index (χ0n) is 19.0. The third-order valence-corrected chi connectivity index (χ3v) is 10.3. The second-order valence-electron chi connectivity index (χ2n) is 7.69. The fourth-order valence-electron chi connectivity index (χ4n) is 3.28. The number of rotatable bonds is 7. The van der Waals surface area contributed by atoms with Crippen LogP contribution in [0.1, 0.15) is 0 Å². The number of anilines is 3. The monoisotopic (exact) mass is 820 g/mol. The lowest BCUT2D eigenvalue weighted by Gasteiger charge is -2.23. The summed E-state index contributed by atoms with van der Waals surface area (Å²) in [6, 6.07) is 4.74. The van der Waals surface area contributed by atoms with E-state index in [1.807, 2.05) is 0 Å². The van der Waals surface area contributed by atoms with Crippen LogP contribution in [0.15, 0.2) is 70.5 Å². The van der Waals surface area contributed by atoms with Crippen LogP contribution in [-0.4, -0.2) is 36.4 Å². The summed E-state index contributed by atoms with van der Waals surface area (Å²) in [5.41, 5.74) is -0.148. The molecule has 38 heavy (non-hydrogen) atoms. The van der Waals surface area contributed by atoms with Gasteiger partial charge in [0.1, 0.15) is 4.90 Å². The Labute approximate surface area is 249 Å². The van der Waals surface area contributed by atoms with Gasteiger partial charge in [0.2, 0.25) is 0 Å². The zero-order valence-corrected chi connectivity index (χ0v) is 27.0. The second-order valence-corrected chi connectivity index (χ2v) is 14.5. The van der Waals surface area contributed by atoms with E-state index in [1.54, 1.807) is 0 Å². The van der Waals surface area contributed by atoms with Gasteiger partial charge in [0.25, 0.3) is 20.0 Å². The molecule has 2 aromatic heterocycles. The van der Waals surface area contributed by atoms with Gasteiger partial charge >= 0.3 is 0 Å². The number of nitrogens with zero attached hydrogens (tertiary/aromatic N) is 5. The lowest BCUT2D eigenvalue weighted by molar-refractivity contribution is 0.594. The number of hydrogen-bond donors (Lipinski definition) is 1. The van der Waals surface area contributed by atoms with Gasteiger partial charge in [-0.05, 0) is 88.0 Å². The third kappa shape index (κ3) is 5.56. The van der Waals surface area contributed by atoms with Gasteiger partial charge in [-0.3, -0.25) is 14.1 Å². The molecule has 0 fully saturated rings. The molecule has 0 unspecified atom stereocenters. The van der Waals surface area contributed by atoms with E-state index in [9.17, 15) is 25.6 Å². The maximum Gasteiger partial charge on any atom is 0.273 e. The van der Waals surface area contributed by atoms with Gasteiger partial charge in [0.15, 0.2) is 22.3 Å². The van der Waals surface area contributed by atoms with Crippen LogP contribution >= 0.6 is 63.7 Å². The van der Waals surface area contributed by atoms with Crippen molar-refractivity contribution in [1.29, 1.82) is 0 Å². The molecule has 202 valence electrons. The summed E-state index contributed by atoms with van der Waals surface area (Å²) in [6.07, 6.45) is 3.41. The fraction of sp³-hybridized carbons (Fsp3) is 0.100. The average molecular weight is 824 g/mol. The third-order valence-electron chi connectivity index (χ3n) is 4.92. The molecule has 2 heterocycles. The van der Waals surface area contributed by atoms with Crippen LogP contribution in [0, 0.1) is 11.6 Å². The minimum atomic E-state index is -4.54. The Balaban J connectivity index is 1.95. The topological polar surface area (TPSA) is 119 Å². The van der Waals surface area contributed by atoms with Gasteiger partial charge in [0, 0.05) is 26.5 Å². The normalized spacial score (nSPS) is 12.1. The van der Waals surface area contributed by atoms with Crippen molar-refractivity contribution in [3.05, 3.63) is 72.4 Å². The van der Waals surface area contributed by atoms with Crippen molar-refractivity contribution in [3.8, 4) is 0 Å². The Morgan fingerprint density at radius 2 is 1.37 bits per heavy atom. The van der Waals surface area contributed by atoms with Crippen molar-refractivity contribution in [1.82, 2.24) is 19.6 Å². The van der Waals surface area contributed by atoms with Gasteiger partial charge in [-0.25, -0.2) is 29.9 Å². The summed E-state index contributed by atoms with van der Waals surface area (Å²) >= 11 is 12.1. The van der Waals surface area contributed by atoms with E-state index >= 15 is 0 Å². The highest BCUT2D eigenvalue weighted by Crippen LogP contribution is 2.40. The molecule has 18 heteroatoms. The number of aromatic nitrogens is 4. The molecule has 1 N–H and O–H groups in total. The molecular weight excluding hydrogens is 810 g/mol. The van der Waals surface area contributed by atoms with Crippen LogP contribution in [0.3, 0.4) is 0 Å². The Hall–Kier alpha value is -1.86. The number of sulfonamides is 2. The predicted octanol–water partition coefficient (Wildman–Crippen LogP) is 5.81. The first-order valence-electron chi connectivity index (χ1n) is 10.0. The Morgan fingerprint density at radius 1 is 0.842 bits per heavy atom. The van der Waals surface area contributed by atoms with Crippen molar-refractivity contribution in [2.24, 2.45) is 14.1 Å². The number of nitrogens with one attached hydrogen (secondary N) is 1. The molecule has 0 radical (unpaired) electrons. The highest BCUT2D eigenvalue weighted by Gasteiger charge is 2.36. The maximum absolute atomic E-state index is 14.4. The van der Waals surface area contributed by atoms with Gasteiger partial charge in [-0.15, -0.1) is 0 Å². The summed E-state index contributed by atoms with van der Waals surface area (Å²) in [7, 11) is -6.14. The summed E-state index contributed by atoms with van der Waals surface area (Å²) in [6.45, 7) is 0. The van der Waals surface area contributed by atoms with E-state index in [-0.39, 0.29) is 34.2 Å². The lowest BCUT2D eigenvalue weighted by atomic mass is 10.3. The molecular formula is C20H14Br4F2N6O4S2. The van der Waals surface area contributed by atoms with Gasteiger partial charge in [-0.1, -0.05) is 0 Å². The first kappa shape index (κ1) is 29.1. The summed E-state index contributed by atoms with van der Waals surface area (Å²) in [5.74, 6) is -1.85. The van der Waals surface area contributed by atoms with E-state index in [2.05, 4.69) is 78.6 Å². The van der Waals surface area contributed by atoms with Crippen molar-refractivity contribution < 1.29 is 25.6 Å². The standard InChI is InChI=1S/C20H14Br4F2N6O4S2/c1-30-8-12(7-27-30)38(35,36)32(11-5-15(23)19(26)16(24)6-11)20-17(9-31(2)28-20)37(33,34)29-10-3-13(21)18(25)14(22)4-10/h3-9,29H,1-2H3. The molecule has 0 bridgehead atoms. The van der Waals surface area contributed by atoms with Crippen molar-refractivity contribution in [2.75, 3.05) is 9.03 Å². The van der Waals surface area contributed by atoms with Crippen LogP contribution in [-0.2, 0) is 34.1 Å². The second kappa shape index (κ2) is 10.6. The molecule has 0 aliphatic heterocycles. The van der Waals surface area contributed by atoms with Crippen LogP contribution < -0.4 is 9.03 Å². The number of aryl methyl sites for hydroxylation is 2. The smallest absolute Gasteiger partial charge is 0.273 e. The van der Waals surface area contributed by atoms with Crippen molar-refractivity contribution in [3.63, 3.8) is 0 Å². The Morgan fingerprint density at radius 3 is 1.87 bits per heavy atom. The van der Waals surface area contributed by atoms with Crippen LogP contribution in [0.4, 0.5) is 26.0 Å². The van der Waals surface area contributed by atoms with Crippen LogP contribution in [0.5, 0.6) is 0 Å². The highest BCUT2D eigenvalue weighted by molar-refractivity contribution is 9.11. The summed E-state index contributed by atoms with van der Waals surface area (Å²) in [4.78, 5) is -0.800.